The standard InChI is InChI=1S/C16H19F3N2O2/c1-10(7-13(22)21-9-15(2,3)14(20)23)11-5-4-6-12(8-11)16(17,18)19/h4-8H,9H2,1-3H3,(H2,20,23)(H,21,22)/b10-7+. The molecule has 0 unspecified atom stereocenters. The van der Waals surface area contributed by atoms with Gasteiger partial charge in [-0.3, -0.25) is 9.59 Å². The topological polar surface area (TPSA) is 72.2 Å². The Morgan fingerprint density at radius 3 is 2.39 bits per heavy atom. The van der Waals surface area contributed by atoms with Crippen LogP contribution >= 0.6 is 0 Å². The maximum atomic E-state index is 12.7. The Bertz CT molecular complexity index is 634. The van der Waals surface area contributed by atoms with Crippen molar-refractivity contribution in [1.29, 1.82) is 0 Å². The molecule has 1 rings (SSSR count). The van der Waals surface area contributed by atoms with Gasteiger partial charge in [-0.05, 0) is 44.0 Å². The molecule has 0 aliphatic rings. The third-order valence-corrected chi connectivity index (χ3v) is 3.36. The van der Waals surface area contributed by atoms with Crippen LogP contribution in [0.5, 0.6) is 0 Å². The Morgan fingerprint density at radius 1 is 1.26 bits per heavy atom. The quantitative estimate of drug-likeness (QED) is 0.816. The third-order valence-electron chi connectivity index (χ3n) is 3.36. The number of benzene rings is 1. The molecule has 2 amide bonds. The summed E-state index contributed by atoms with van der Waals surface area (Å²) in [5, 5.41) is 2.51. The Balaban J connectivity index is 2.85. The second-order valence-electron chi connectivity index (χ2n) is 5.87. The van der Waals surface area contributed by atoms with Crippen molar-refractivity contribution in [2.24, 2.45) is 11.1 Å². The van der Waals surface area contributed by atoms with Crippen LogP contribution in [0, 0.1) is 5.41 Å². The first-order valence-electron chi connectivity index (χ1n) is 6.87. The van der Waals surface area contributed by atoms with Crippen molar-refractivity contribution < 1.29 is 22.8 Å². The second-order valence-corrected chi connectivity index (χ2v) is 5.87. The highest BCUT2D eigenvalue weighted by Crippen LogP contribution is 2.30. The Labute approximate surface area is 132 Å². The molecule has 0 heterocycles. The molecular formula is C16H19F3N2O2. The normalized spacial score (nSPS) is 12.9. The van der Waals surface area contributed by atoms with Crippen molar-refractivity contribution in [3.63, 3.8) is 0 Å². The Morgan fingerprint density at radius 2 is 1.87 bits per heavy atom. The van der Waals surface area contributed by atoms with E-state index in [1.54, 1.807) is 13.8 Å². The number of nitrogens with one attached hydrogen (secondary N) is 1. The van der Waals surface area contributed by atoms with E-state index in [-0.39, 0.29) is 6.54 Å². The Hall–Kier alpha value is -2.31. The predicted octanol–water partition coefficient (Wildman–Crippen LogP) is 2.74. The average molecular weight is 328 g/mol. The van der Waals surface area contributed by atoms with E-state index in [0.29, 0.717) is 11.1 Å². The van der Waals surface area contributed by atoms with Crippen LogP contribution < -0.4 is 11.1 Å². The number of amides is 2. The van der Waals surface area contributed by atoms with Crippen LogP contribution in [0.2, 0.25) is 0 Å². The number of nitrogens with two attached hydrogens (primary N) is 1. The molecule has 1 aromatic rings. The van der Waals surface area contributed by atoms with Gasteiger partial charge in [0.1, 0.15) is 0 Å². The molecule has 0 radical (unpaired) electrons. The first-order chi connectivity index (χ1) is 10.4. The van der Waals surface area contributed by atoms with Gasteiger partial charge in [0, 0.05) is 12.6 Å². The summed E-state index contributed by atoms with van der Waals surface area (Å²) in [7, 11) is 0. The molecule has 7 heteroatoms. The fourth-order valence-corrected chi connectivity index (χ4v) is 1.67. The van der Waals surface area contributed by atoms with E-state index in [2.05, 4.69) is 5.32 Å². The molecule has 3 N–H and O–H groups in total. The van der Waals surface area contributed by atoms with Crippen molar-refractivity contribution in [3.05, 3.63) is 41.5 Å². The van der Waals surface area contributed by atoms with Crippen molar-refractivity contribution in [2.45, 2.75) is 26.9 Å². The SMILES string of the molecule is C/C(=C\C(=O)NCC(C)(C)C(N)=O)c1cccc(C(F)(F)F)c1. The molecular weight excluding hydrogens is 309 g/mol. The van der Waals surface area contributed by atoms with E-state index < -0.39 is 29.0 Å². The molecule has 0 atom stereocenters. The fourth-order valence-electron chi connectivity index (χ4n) is 1.67. The predicted molar refractivity (Wildman–Crippen MR) is 81.1 cm³/mol. The molecule has 0 aromatic heterocycles. The van der Waals surface area contributed by atoms with Crippen molar-refractivity contribution in [1.82, 2.24) is 5.32 Å². The summed E-state index contributed by atoms with van der Waals surface area (Å²) in [5.41, 5.74) is 4.18. The highest BCUT2D eigenvalue weighted by Gasteiger charge is 2.30. The average Bonchev–Trinajstić information content (AvgIpc) is 2.44. The number of hydrogen-bond donors (Lipinski definition) is 2. The van der Waals surface area contributed by atoms with Gasteiger partial charge in [0.05, 0.1) is 11.0 Å². The fraction of sp³-hybridized carbons (Fsp3) is 0.375. The lowest BCUT2D eigenvalue weighted by atomic mass is 9.93. The van der Waals surface area contributed by atoms with Gasteiger partial charge in [-0.15, -0.1) is 0 Å². The molecule has 0 aliphatic heterocycles. The minimum atomic E-state index is -4.44. The summed E-state index contributed by atoms with van der Waals surface area (Å²) in [6.07, 6.45) is -3.25. The van der Waals surface area contributed by atoms with Gasteiger partial charge < -0.3 is 11.1 Å². The number of carbonyl (C=O) groups excluding carboxylic acids is 2. The molecule has 0 spiro atoms. The number of allylic oxidation sites excluding steroid dienone is 1. The van der Waals surface area contributed by atoms with Crippen LogP contribution in [0.25, 0.3) is 5.57 Å². The van der Waals surface area contributed by atoms with Gasteiger partial charge in [0.2, 0.25) is 11.8 Å². The highest BCUT2D eigenvalue weighted by atomic mass is 19.4. The van der Waals surface area contributed by atoms with Crippen LogP contribution in [-0.2, 0) is 15.8 Å². The van der Waals surface area contributed by atoms with Gasteiger partial charge in [-0.2, -0.15) is 13.2 Å². The molecule has 4 nitrogen and oxygen atoms in total. The molecule has 0 bridgehead atoms. The summed E-state index contributed by atoms with van der Waals surface area (Å²) < 4.78 is 38.0. The van der Waals surface area contributed by atoms with Gasteiger partial charge in [-0.1, -0.05) is 12.1 Å². The summed E-state index contributed by atoms with van der Waals surface area (Å²) in [4.78, 5) is 23.0. The number of halogens is 3. The maximum Gasteiger partial charge on any atom is 0.416 e. The smallest absolute Gasteiger partial charge is 0.369 e. The van der Waals surface area contributed by atoms with E-state index in [0.717, 1.165) is 12.1 Å². The molecule has 126 valence electrons. The van der Waals surface area contributed by atoms with E-state index in [1.807, 2.05) is 0 Å². The molecule has 0 saturated heterocycles. The summed E-state index contributed by atoms with van der Waals surface area (Å²) in [6, 6.07) is 4.71. The number of carbonyl (C=O) groups is 2. The van der Waals surface area contributed by atoms with Gasteiger partial charge in [-0.25, -0.2) is 0 Å². The van der Waals surface area contributed by atoms with Gasteiger partial charge in [0.25, 0.3) is 0 Å². The van der Waals surface area contributed by atoms with E-state index in [9.17, 15) is 22.8 Å². The molecule has 23 heavy (non-hydrogen) atoms. The lowest BCUT2D eigenvalue weighted by Crippen LogP contribution is -2.42. The zero-order valence-corrected chi connectivity index (χ0v) is 13.1. The van der Waals surface area contributed by atoms with Crippen LogP contribution in [0.15, 0.2) is 30.3 Å². The molecule has 0 saturated carbocycles. The van der Waals surface area contributed by atoms with E-state index in [4.69, 9.17) is 5.73 Å². The first-order valence-corrected chi connectivity index (χ1v) is 6.87. The maximum absolute atomic E-state index is 12.7. The van der Waals surface area contributed by atoms with Crippen molar-refractivity contribution >= 4 is 17.4 Å². The molecule has 0 aliphatic carbocycles. The van der Waals surface area contributed by atoms with Crippen LogP contribution in [-0.4, -0.2) is 18.4 Å². The minimum Gasteiger partial charge on any atom is -0.369 e. The van der Waals surface area contributed by atoms with Crippen LogP contribution in [0.4, 0.5) is 13.2 Å². The number of primary amides is 1. The van der Waals surface area contributed by atoms with Crippen molar-refractivity contribution in [3.8, 4) is 0 Å². The second kappa shape index (κ2) is 6.85. The summed E-state index contributed by atoms with van der Waals surface area (Å²) in [5.74, 6) is -1.06. The number of alkyl halides is 3. The molecule has 0 fully saturated rings. The summed E-state index contributed by atoms with van der Waals surface area (Å²) >= 11 is 0. The number of rotatable bonds is 5. The van der Waals surface area contributed by atoms with Gasteiger partial charge >= 0.3 is 6.18 Å². The largest absolute Gasteiger partial charge is 0.416 e. The minimum absolute atomic E-state index is 0.0353. The van der Waals surface area contributed by atoms with Crippen LogP contribution in [0.1, 0.15) is 31.9 Å². The highest BCUT2D eigenvalue weighted by molar-refractivity contribution is 5.95. The lowest BCUT2D eigenvalue weighted by Gasteiger charge is -2.20. The lowest BCUT2D eigenvalue weighted by molar-refractivity contribution is -0.137. The third kappa shape index (κ3) is 5.43. The Kier molecular flexibility index (Phi) is 5.58. The zero-order chi connectivity index (χ0) is 17.8. The van der Waals surface area contributed by atoms with E-state index >= 15 is 0 Å². The first kappa shape index (κ1) is 18.7. The van der Waals surface area contributed by atoms with Gasteiger partial charge in [0.15, 0.2) is 0 Å². The zero-order valence-electron chi connectivity index (χ0n) is 13.1. The summed E-state index contributed by atoms with van der Waals surface area (Å²) in [6.45, 7) is 4.74. The van der Waals surface area contributed by atoms with Crippen molar-refractivity contribution in [2.75, 3.05) is 6.54 Å². The monoisotopic (exact) mass is 328 g/mol. The number of hydrogen-bond acceptors (Lipinski definition) is 2. The van der Waals surface area contributed by atoms with Crippen LogP contribution in [0.3, 0.4) is 0 Å². The van der Waals surface area contributed by atoms with E-state index in [1.165, 1.54) is 25.1 Å². The molecule has 1 aromatic carbocycles.